The molecule has 0 aromatic rings. The van der Waals surface area contributed by atoms with Crippen LogP contribution in [-0.2, 0) is 4.79 Å². The van der Waals surface area contributed by atoms with E-state index in [-0.39, 0.29) is 17.4 Å². The van der Waals surface area contributed by atoms with Crippen LogP contribution in [0.3, 0.4) is 0 Å². The van der Waals surface area contributed by atoms with E-state index >= 15 is 0 Å². The van der Waals surface area contributed by atoms with E-state index in [4.69, 9.17) is 0 Å². The van der Waals surface area contributed by atoms with Crippen molar-refractivity contribution in [3.63, 3.8) is 0 Å². The average molecular weight is 282 g/mol. The summed E-state index contributed by atoms with van der Waals surface area (Å²) in [6.45, 7) is 9.62. The summed E-state index contributed by atoms with van der Waals surface area (Å²) in [4.78, 5) is 25.5. The van der Waals surface area contributed by atoms with Crippen molar-refractivity contribution in [3.8, 4) is 0 Å². The molecule has 2 amide bonds. The standard InChI is InChI=1S/C15H26N2O3/c1-14(2,3)11-7-8-17(9-11)13(20)16-15(4,12(18)19)10-5-6-10/h10-11H,5-9H2,1-4H3,(H,16,20)(H,18,19). The van der Waals surface area contributed by atoms with Crippen LogP contribution in [0.15, 0.2) is 0 Å². The third-order valence-electron chi connectivity index (χ3n) is 4.90. The molecule has 1 saturated heterocycles. The van der Waals surface area contributed by atoms with Crippen LogP contribution in [0.4, 0.5) is 4.79 Å². The van der Waals surface area contributed by atoms with Gasteiger partial charge < -0.3 is 15.3 Å². The predicted octanol–water partition coefficient (Wildman–Crippen LogP) is 2.32. The highest BCUT2D eigenvalue weighted by molar-refractivity contribution is 5.86. The first-order chi connectivity index (χ1) is 9.14. The summed E-state index contributed by atoms with van der Waals surface area (Å²) in [7, 11) is 0. The molecule has 5 nitrogen and oxygen atoms in total. The van der Waals surface area contributed by atoms with Crippen LogP contribution in [-0.4, -0.2) is 40.6 Å². The van der Waals surface area contributed by atoms with Crippen molar-refractivity contribution in [2.75, 3.05) is 13.1 Å². The monoisotopic (exact) mass is 282 g/mol. The molecule has 114 valence electrons. The Hall–Kier alpha value is -1.26. The molecule has 1 aliphatic carbocycles. The van der Waals surface area contributed by atoms with Crippen molar-refractivity contribution in [2.24, 2.45) is 17.3 Å². The number of likely N-dealkylation sites (tertiary alicyclic amines) is 1. The number of hydrogen-bond acceptors (Lipinski definition) is 2. The van der Waals surface area contributed by atoms with Gasteiger partial charge >= 0.3 is 12.0 Å². The van der Waals surface area contributed by atoms with Crippen LogP contribution < -0.4 is 5.32 Å². The quantitative estimate of drug-likeness (QED) is 0.834. The molecule has 1 saturated carbocycles. The Bertz CT molecular complexity index is 412. The summed E-state index contributed by atoms with van der Waals surface area (Å²) in [5.41, 5.74) is -0.932. The summed E-state index contributed by atoms with van der Waals surface area (Å²) in [6.07, 6.45) is 2.76. The van der Waals surface area contributed by atoms with Crippen LogP contribution in [0, 0.1) is 17.3 Å². The molecule has 2 unspecified atom stereocenters. The van der Waals surface area contributed by atoms with Crippen LogP contribution in [0.25, 0.3) is 0 Å². The van der Waals surface area contributed by atoms with E-state index in [1.807, 2.05) is 0 Å². The normalized spacial score (nSPS) is 26.2. The first kappa shape index (κ1) is 15.1. The number of nitrogens with one attached hydrogen (secondary N) is 1. The smallest absolute Gasteiger partial charge is 0.329 e. The predicted molar refractivity (Wildman–Crippen MR) is 76.4 cm³/mol. The fraction of sp³-hybridized carbons (Fsp3) is 0.867. The number of hydrogen-bond donors (Lipinski definition) is 2. The summed E-state index contributed by atoms with van der Waals surface area (Å²) in [6, 6.07) is -0.228. The SMILES string of the molecule is CC(C)(C)C1CCN(C(=O)NC(C)(C(=O)O)C2CC2)C1. The molecular formula is C15H26N2O3. The van der Waals surface area contributed by atoms with Gasteiger partial charge in [-0.25, -0.2) is 9.59 Å². The molecule has 0 aromatic carbocycles. The number of rotatable bonds is 3. The molecule has 0 radical (unpaired) electrons. The number of nitrogens with zero attached hydrogens (tertiary/aromatic N) is 1. The topological polar surface area (TPSA) is 69.6 Å². The molecule has 0 spiro atoms. The number of carboxylic acid groups (broad SMARTS) is 1. The molecule has 0 bridgehead atoms. The Morgan fingerprint density at radius 2 is 1.70 bits per heavy atom. The Labute approximate surface area is 120 Å². The van der Waals surface area contributed by atoms with E-state index in [0.717, 1.165) is 25.8 Å². The van der Waals surface area contributed by atoms with Crippen LogP contribution in [0.5, 0.6) is 0 Å². The molecular weight excluding hydrogens is 256 g/mol. The lowest BCUT2D eigenvalue weighted by atomic mass is 9.80. The largest absolute Gasteiger partial charge is 0.480 e. The molecule has 20 heavy (non-hydrogen) atoms. The number of carbonyl (C=O) groups excluding carboxylic acids is 1. The zero-order chi connectivity index (χ0) is 15.1. The Morgan fingerprint density at radius 3 is 2.10 bits per heavy atom. The fourth-order valence-corrected chi connectivity index (χ4v) is 2.94. The first-order valence-electron chi connectivity index (χ1n) is 7.45. The van der Waals surface area contributed by atoms with E-state index in [9.17, 15) is 14.7 Å². The molecule has 2 rings (SSSR count). The van der Waals surface area contributed by atoms with Crippen LogP contribution in [0.1, 0.15) is 47.0 Å². The zero-order valence-corrected chi connectivity index (χ0v) is 12.9. The first-order valence-corrected chi connectivity index (χ1v) is 7.45. The van der Waals surface area contributed by atoms with Crippen LogP contribution in [0.2, 0.25) is 0 Å². The van der Waals surface area contributed by atoms with Crippen molar-refractivity contribution in [1.29, 1.82) is 0 Å². The van der Waals surface area contributed by atoms with E-state index < -0.39 is 11.5 Å². The minimum Gasteiger partial charge on any atom is -0.480 e. The Morgan fingerprint density at radius 1 is 1.10 bits per heavy atom. The van der Waals surface area contributed by atoms with Gasteiger partial charge in [0.1, 0.15) is 5.54 Å². The number of aliphatic carboxylic acids is 1. The van der Waals surface area contributed by atoms with Crippen molar-refractivity contribution < 1.29 is 14.7 Å². The van der Waals surface area contributed by atoms with Gasteiger partial charge in [-0.2, -0.15) is 0 Å². The molecule has 5 heteroatoms. The highest BCUT2D eigenvalue weighted by atomic mass is 16.4. The van der Waals surface area contributed by atoms with E-state index in [0.29, 0.717) is 12.5 Å². The highest BCUT2D eigenvalue weighted by Crippen LogP contribution is 2.40. The zero-order valence-electron chi connectivity index (χ0n) is 12.9. The van der Waals surface area contributed by atoms with Crippen molar-refractivity contribution in [1.82, 2.24) is 10.2 Å². The minimum absolute atomic E-state index is 0.0740. The van der Waals surface area contributed by atoms with Gasteiger partial charge in [-0.3, -0.25) is 0 Å². The van der Waals surface area contributed by atoms with Crippen molar-refractivity contribution in [3.05, 3.63) is 0 Å². The lowest BCUT2D eigenvalue weighted by Crippen LogP contribution is -2.57. The molecule has 2 fully saturated rings. The Balaban J connectivity index is 1.97. The van der Waals surface area contributed by atoms with Gasteiger partial charge in [-0.15, -0.1) is 0 Å². The second-order valence-electron chi connectivity index (χ2n) is 7.51. The average Bonchev–Trinajstić information content (AvgIpc) is 3.04. The summed E-state index contributed by atoms with van der Waals surface area (Å²) in [5.74, 6) is -0.379. The van der Waals surface area contributed by atoms with Gasteiger partial charge in [0, 0.05) is 13.1 Å². The van der Waals surface area contributed by atoms with Crippen molar-refractivity contribution in [2.45, 2.75) is 52.5 Å². The Kier molecular flexibility index (Phi) is 3.73. The van der Waals surface area contributed by atoms with Gasteiger partial charge in [0.15, 0.2) is 0 Å². The third-order valence-corrected chi connectivity index (χ3v) is 4.90. The fourth-order valence-electron chi connectivity index (χ4n) is 2.94. The molecule has 1 heterocycles. The van der Waals surface area contributed by atoms with Gasteiger partial charge in [0.05, 0.1) is 0 Å². The van der Waals surface area contributed by atoms with E-state index in [1.54, 1.807) is 11.8 Å². The van der Waals surface area contributed by atoms with E-state index in [2.05, 4.69) is 26.1 Å². The summed E-state index contributed by atoms with van der Waals surface area (Å²) in [5, 5.41) is 12.1. The number of urea groups is 1. The highest BCUT2D eigenvalue weighted by Gasteiger charge is 2.49. The maximum atomic E-state index is 12.3. The van der Waals surface area contributed by atoms with Gasteiger partial charge in [0.2, 0.25) is 0 Å². The lowest BCUT2D eigenvalue weighted by Gasteiger charge is -2.30. The number of amides is 2. The molecule has 2 aliphatic rings. The lowest BCUT2D eigenvalue weighted by molar-refractivity contribution is -0.144. The maximum absolute atomic E-state index is 12.3. The maximum Gasteiger partial charge on any atom is 0.329 e. The second kappa shape index (κ2) is 4.93. The molecule has 0 aromatic heterocycles. The van der Waals surface area contributed by atoms with E-state index in [1.165, 1.54) is 0 Å². The van der Waals surface area contributed by atoms with Gasteiger partial charge in [-0.05, 0) is 43.4 Å². The summed E-state index contributed by atoms with van der Waals surface area (Å²) >= 11 is 0. The second-order valence-corrected chi connectivity index (χ2v) is 7.51. The number of carboxylic acids is 1. The summed E-state index contributed by atoms with van der Waals surface area (Å²) < 4.78 is 0. The van der Waals surface area contributed by atoms with Crippen molar-refractivity contribution >= 4 is 12.0 Å². The third kappa shape index (κ3) is 2.91. The number of carbonyl (C=O) groups is 2. The van der Waals surface area contributed by atoms with Crippen LogP contribution >= 0.6 is 0 Å². The van der Waals surface area contributed by atoms with Gasteiger partial charge in [0.25, 0.3) is 0 Å². The minimum atomic E-state index is -1.11. The molecule has 2 atom stereocenters. The molecule has 1 aliphatic heterocycles. The molecule has 2 N–H and O–H groups in total. The van der Waals surface area contributed by atoms with Gasteiger partial charge in [-0.1, -0.05) is 20.8 Å².